The van der Waals surface area contributed by atoms with Gasteiger partial charge in [0.15, 0.2) is 0 Å². The van der Waals surface area contributed by atoms with Crippen molar-refractivity contribution in [1.29, 1.82) is 0 Å². The maximum atomic E-state index is 11.7. The van der Waals surface area contributed by atoms with Gasteiger partial charge in [0, 0.05) is 15.8 Å². The molecule has 2 rings (SSSR count). The number of alkyl halides is 1. The summed E-state index contributed by atoms with van der Waals surface area (Å²) < 4.78 is 0. The van der Waals surface area contributed by atoms with Crippen molar-refractivity contribution in [2.75, 3.05) is 0 Å². The lowest BCUT2D eigenvalue weighted by Gasteiger charge is -2.09. The topological polar surface area (TPSA) is 29.1 Å². The number of nitrogens with one attached hydrogen (secondary N) is 1. The Morgan fingerprint density at radius 2 is 2.27 bits per heavy atom. The molecule has 15 heavy (non-hydrogen) atoms. The average Bonchev–Trinajstić information content (AvgIpc) is 2.90. The summed E-state index contributed by atoms with van der Waals surface area (Å²) in [6.45, 7) is 4.04. The maximum Gasteiger partial charge on any atom is 0.242 e. The molecule has 1 N–H and O–H groups in total. The molecular weight excluding hydrogens is 230 g/mol. The summed E-state index contributed by atoms with van der Waals surface area (Å²) >= 11 is 7.83. The van der Waals surface area contributed by atoms with Crippen molar-refractivity contribution in [3.05, 3.63) is 21.4 Å². The van der Waals surface area contributed by atoms with Gasteiger partial charge in [-0.2, -0.15) is 0 Å². The van der Waals surface area contributed by atoms with Gasteiger partial charge in [-0.3, -0.25) is 4.79 Å². The Labute approximate surface area is 98.6 Å². The smallest absolute Gasteiger partial charge is 0.242 e. The molecular formula is C11H14ClNOS. The molecule has 82 valence electrons. The van der Waals surface area contributed by atoms with Gasteiger partial charge in [-0.15, -0.1) is 22.9 Å². The molecule has 1 aromatic rings. The van der Waals surface area contributed by atoms with Gasteiger partial charge >= 0.3 is 0 Å². The number of thiophene rings is 1. The van der Waals surface area contributed by atoms with Crippen LogP contribution in [-0.2, 0) is 4.79 Å². The van der Waals surface area contributed by atoms with E-state index in [0.717, 1.165) is 23.3 Å². The van der Waals surface area contributed by atoms with E-state index < -0.39 is 5.38 Å². The summed E-state index contributed by atoms with van der Waals surface area (Å²) in [5.74, 6) is -0.0555. The minimum absolute atomic E-state index is 0.0555. The first-order chi connectivity index (χ1) is 7.08. The van der Waals surface area contributed by atoms with E-state index in [9.17, 15) is 4.79 Å². The summed E-state index contributed by atoms with van der Waals surface area (Å²) in [7, 11) is 0. The number of rotatable bonds is 3. The first-order valence-corrected chi connectivity index (χ1v) is 6.34. The van der Waals surface area contributed by atoms with Gasteiger partial charge in [-0.05, 0) is 38.3 Å². The third-order valence-corrected chi connectivity index (χ3v) is 3.92. The molecule has 0 spiro atoms. The quantitative estimate of drug-likeness (QED) is 0.813. The highest BCUT2D eigenvalue weighted by Crippen LogP contribution is 2.31. The Balaban J connectivity index is 2.08. The van der Waals surface area contributed by atoms with E-state index in [-0.39, 0.29) is 5.91 Å². The predicted molar refractivity (Wildman–Crippen MR) is 63.6 cm³/mol. The normalized spacial score (nSPS) is 17.5. The fraction of sp³-hybridized carbons (Fsp3) is 0.545. The molecule has 0 aromatic carbocycles. The lowest BCUT2D eigenvalue weighted by atomic mass is 10.1. The van der Waals surface area contributed by atoms with Crippen LogP contribution in [0.2, 0.25) is 0 Å². The molecule has 1 saturated carbocycles. The first-order valence-electron chi connectivity index (χ1n) is 5.09. The molecule has 1 amide bonds. The van der Waals surface area contributed by atoms with Crippen LogP contribution in [0, 0.1) is 13.8 Å². The Bertz CT molecular complexity index is 384. The Kier molecular flexibility index (Phi) is 3.03. The summed E-state index contributed by atoms with van der Waals surface area (Å²) in [6, 6.07) is 2.38. The predicted octanol–water partition coefficient (Wildman–Crippen LogP) is 2.92. The van der Waals surface area contributed by atoms with Crippen molar-refractivity contribution < 1.29 is 4.79 Å². The van der Waals surface area contributed by atoms with Gasteiger partial charge in [0.25, 0.3) is 0 Å². The highest BCUT2D eigenvalue weighted by Gasteiger charge is 2.28. The minimum atomic E-state index is -0.532. The summed E-state index contributed by atoms with van der Waals surface area (Å²) in [4.78, 5) is 14.1. The van der Waals surface area contributed by atoms with Crippen LogP contribution in [0.5, 0.6) is 0 Å². The highest BCUT2D eigenvalue weighted by molar-refractivity contribution is 7.12. The minimum Gasteiger partial charge on any atom is -0.352 e. The van der Waals surface area contributed by atoms with E-state index in [2.05, 4.69) is 5.32 Å². The van der Waals surface area contributed by atoms with Crippen molar-refractivity contribution in [3.63, 3.8) is 0 Å². The van der Waals surface area contributed by atoms with Crippen LogP contribution in [0.3, 0.4) is 0 Å². The summed E-state index contributed by atoms with van der Waals surface area (Å²) in [5, 5.41) is 2.39. The molecule has 0 saturated heterocycles. The van der Waals surface area contributed by atoms with E-state index in [1.54, 1.807) is 11.3 Å². The Morgan fingerprint density at radius 3 is 2.73 bits per heavy atom. The third-order valence-electron chi connectivity index (χ3n) is 2.51. The largest absolute Gasteiger partial charge is 0.352 e. The monoisotopic (exact) mass is 243 g/mol. The van der Waals surface area contributed by atoms with E-state index in [1.165, 1.54) is 4.88 Å². The van der Waals surface area contributed by atoms with Crippen LogP contribution in [-0.4, -0.2) is 11.9 Å². The number of halogens is 1. The van der Waals surface area contributed by atoms with Crippen molar-refractivity contribution in [3.8, 4) is 0 Å². The van der Waals surface area contributed by atoms with Crippen molar-refractivity contribution in [2.45, 2.75) is 38.1 Å². The van der Waals surface area contributed by atoms with Crippen LogP contribution in [0.15, 0.2) is 6.07 Å². The van der Waals surface area contributed by atoms with Gasteiger partial charge in [0.05, 0.1) is 0 Å². The lowest BCUT2D eigenvalue weighted by molar-refractivity contribution is -0.121. The van der Waals surface area contributed by atoms with Crippen LogP contribution in [0.4, 0.5) is 0 Å². The van der Waals surface area contributed by atoms with Gasteiger partial charge in [0.2, 0.25) is 5.91 Å². The van der Waals surface area contributed by atoms with Gasteiger partial charge < -0.3 is 5.32 Å². The standard InChI is InChI=1S/C11H14ClNOS/c1-6-5-9(7(2)15-6)10(12)11(14)13-8-3-4-8/h5,8,10H,3-4H2,1-2H3,(H,13,14). The fourth-order valence-electron chi connectivity index (χ4n) is 1.55. The zero-order chi connectivity index (χ0) is 11.0. The van der Waals surface area contributed by atoms with Gasteiger partial charge in [-0.1, -0.05) is 0 Å². The second kappa shape index (κ2) is 4.14. The average molecular weight is 244 g/mol. The van der Waals surface area contributed by atoms with Crippen molar-refractivity contribution >= 4 is 28.8 Å². The maximum absolute atomic E-state index is 11.7. The van der Waals surface area contributed by atoms with Crippen molar-refractivity contribution in [1.82, 2.24) is 5.32 Å². The molecule has 1 fully saturated rings. The SMILES string of the molecule is Cc1cc(C(Cl)C(=O)NC2CC2)c(C)s1. The summed E-state index contributed by atoms with van der Waals surface area (Å²) in [5.41, 5.74) is 0.956. The fourth-order valence-corrected chi connectivity index (χ4v) is 2.86. The molecule has 2 nitrogen and oxygen atoms in total. The molecule has 1 aliphatic carbocycles. The molecule has 1 aliphatic rings. The second-order valence-corrected chi connectivity index (χ2v) is 5.91. The molecule has 0 bridgehead atoms. The van der Waals surface area contributed by atoms with Gasteiger partial charge in [0.1, 0.15) is 5.38 Å². The summed E-state index contributed by atoms with van der Waals surface area (Å²) in [6.07, 6.45) is 2.19. The van der Waals surface area contributed by atoms with E-state index in [1.807, 2.05) is 19.9 Å². The van der Waals surface area contributed by atoms with Crippen LogP contribution >= 0.6 is 22.9 Å². The number of aryl methyl sites for hydroxylation is 2. The lowest BCUT2D eigenvalue weighted by Crippen LogP contribution is -2.28. The molecule has 1 unspecified atom stereocenters. The van der Waals surface area contributed by atoms with Crippen molar-refractivity contribution in [2.24, 2.45) is 0 Å². The molecule has 0 radical (unpaired) electrons. The van der Waals surface area contributed by atoms with Crippen LogP contribution in [0.25, 0.3) is 0 Å². The number of hydrogen-bond acceptors (Lipinski definition) is 2. The number of hydrogen-bond donors (Lipinski definition) is 1. The Hall–Kier alpha value is -0.540. The first kappa shape index (κ1) is 11.0. The highest BCUT2D eigenvalue weighted by atomic mass is 35.5. The number of carbonyl (C=O) groups is 1. The second-order valence-electron chi connectivity index (χ2n) is 4.01. The molecule has 0 aliphatic heterocycles. The third kappa shape index (κ3) is 2.52. The van der Waals surface area contributed by atoms with E-state index in [4.69, 9.17) is 11.6 Å². The van der Waals surface area contributed by atoms with E-state index >= 15 is 0 Å². The molecule has 1 aromatic heterocycles. The van der Waals surface area contributed by atoms with E-state index in [0.29, 0.717) is 6.04 Å². The number of amides is 1. The Morgan fingerprint density at radius 1 is 1.60 bits per heavy atom. The number of carbonyl (C=O) groups excluding carboxylic acids is 1. The molecule has 4 heteroatoms. The zero-order valence-electron chi connectivity index (χ0n) is 8.84. The zero-order valence-corrected chi connectivity index (χ0v) is 10.4. The molecule has 1 heterocycles. The van der Waals surface area contributed by atoms with Crippen LogP contribution < -0.4 is 5.32 Å². The van der Waals surface area contributed by atoms with Gasteiger partial charge in [-0.25, -0.2) is 0 Å². The van der Waals surface area contributed by atoms with Crippen LogP contribution in [0.1, 0.15) is 33.5 Å². The molecule has 1 atom stereocenters.